The summed E-state index contributed by atoms with van der Waals surface area (Å²) in [6.45, 7) is 0.157. The van der Waals surface area contributed by atoms with Crippen LogP contribution in [0.3, 0.4) is 0 Å². The van der Waals surface area contributed by atoms with Gasteiger partial charge in [0.25, 0.3) is 5.91 Å². The Morgan fingerprint density at radius 2 is 1.65 bits per heavy atom. The van der Waals surface area contributed by atoms with E-state index in [0.29, 0.717) is 34.6 Å². The average Bonchev–Trinajstić information content (AvgIpc) is 3.56. The van der Waals surface area contributed by atoms with Crippen LogP contribution in [-0.4, -0.2) is 25.5 Å². The first-order valence-electron chi connectivity index (χ1n) is 13.9. The van der Waals surface area contributed by atoms with E-state index >= 15 is 0 Å². The molecule has 6 nitrogen and oxygen atoms in total. The van der Waals surface area contributed by atoms with Crippen molar-refractivity contribution in [3.63, 3.8) is 0 Å². The minimum absolute atomic E-state index is 0.0743. The van der Waals surface area contributed by atoms with Crippen LogP contribution in [0, 0.1) is 17.8 Å². The topological polar surface area (TPSA) is 64.7 Å². The molecule has 9 heteroatoms. The Morgan fingerprint density at radius 1 is 0.950 bits per heavy atom. The fourth-order valence-electron chi connectivity index (χ4n) is 7.79. The monoisotopic (exact) mass is 545 g/mol. The summed E-state index contributed by atoms with van der Waals surface area (Å²) in [4.78, 5) is 13.8. The molecule has 0 aliphatic heterocycles. The largest absolute Gasteiger partial charge is 0.416 e. The van der Waals surface area contributed by atoms with Crippen LogP contribution in [0.5, 0.6) is 0 Å². The van der Waals surface area contributed by atoms with E-state index in [0.717, 1.165) is 42.8 Å². The molecular weight excluding hydrogens is 515 g/mol. The molecule has 2 aromatic carbocycles. The number of anilines is 1. The molecule has 0 radical (unpaired) electrons. The van der Waals surface area contributed by atoms with Crippen molar-refractivity contribution >= 4 is 11.6 Å². The number of alkyl halides is 3. The highest BCUT2D eigenvalue weighted by Gasteiger charge is 2.54. The van der Waals surface area contributed by atoms with E-state index < -0.39 is 11.7 Å². The molecule has 4 aliphatic carbocycles. The normalized spacial score (nSPS) is 25.3. The van der Waals surface area contributed by atoms with Gasteiger partial charge in [-0.05, 0) is 86.1 Å². The van der Waals surface area contributed by atoms with Gasteiger partial charge in [-0.1, -0.05) is 30.3 Å². The average molecular weight is 546 g/mol. The summed E-state index contributed by atoms with van der Waals surface area (Å²) in [6, 6.07) is 15.0. The summed E-state index contributed by atoms with van der Waals surface area (Å²) < 4.78 is 42.7. The van der Waals surface area contributed by atoms with Crippen LogP contribution in [0.2, 0.25) is 0 Å². The third kappa shape index (κ3) is 4.61. The Morgan fingerprint density at radius 3 is 2.33 bits per heavy atom. The van der Waals surface area contributed by atoms with Crippen molar-refractivity contribution in [3.05, 3.63) is 95.6 Å². The summed E-state index contributed by atoms with van der Waals surface area (Å²) >= 11 is 0. The lowest BCUT2D eigenvalue weighted by atomic mass is 9.48. The lowest BCUT2D eigenvalue weighted by Gasteiger charge is -2.56. The second-order valence-electron chi connectivity index (χ2n) is 11.9. The third-order valence-electron chi connectivity index (χ3n) is 9.01. The third-order valence-corrected chi connectivity index (χ3v) is 9.01. The number of para-hydroxylation sites is 1. The van der Waals surface area contributed by atoms with E-state index in [1.54, 1.807) is 12.3 Å². The summed E-state index contributed by atoms with van der Waals surface area (Å²) in [6.07, 6.45) is 7.74. The fraction of sp³-hybridized carbons (Fsp3) is 0.387. The number of carbonyl (C=O) groups is 1. The molecule has 40 heavy (non-hydrogen) atoms. The lowest BCUT2D eigenvalue weighted by molar-refractivity contribution is -0.137. The molecule has 2 heterocycles. The van der Waals surface area contributed by atoms with E-state index in [1.807, 2.05) is 41.2 Å². The van der Waals surface area contributed by atoms with Gasteiger partial charge in [0.05, 0.1) is 40.9 Å². The van der Waals surface area contributed by atoms with E-state index in [2.05, 4.69) is 10.4 Å². The van der Waals surface area contributed by atoms with Gasteiger partial charge in [0, 0.05) is 17.8 Å². The summed E-state index contributed by atoms with van der Waals surface area (Å²) in [7, 11) is 0. The molecule has 4 saturated carbocycles. The number of rotatable bonds is 6. The van der Waals surface area contributed by atoms with Gasteiger partial charge in [0.2, 0.25) is 0 Å². The Labute approximate surface area is 230 Å². The fourth-order valence-corrected chi connectivity index (χ4v) is 7.79. The molecule has 2 aromatic heterocycles. The molecule has 4 aliphatic rings. The van der Waals surface area contributed by atoms with Crippen molar-refractivity contribution < 1.29 is 18.0 Å². The molecule has 8 rings (SSSR count). The highest BCUT2D eigenvalue weighted by Crippen LogP contribution is 2.61. The van der Waals surface area contributed by atoms with E-state index in [9.17, 15) is 18.0 Å². The summed E-state index contributed by atoms with van der Waals surface area (Å²) in [5, 5.41) is 12.3. The Kier molecular flexibility index (Phi) is 5.87. The molecular formula is C31H30F3N5O. The van der Waals surface area contributed by atoms with Crippen LogP contribution in [0.25, 0.3) is 5.69 Å². The van der Waals surface area contributed by atoms with Crippen molar-refractivity contribution in [3.8, 4) is 5.69 Å². The van der Waals surface area contributed by atoms with E-state index in [-0.39, 0.29) is 17.9 Å². The number of aromatic nitrogens is 4. The molecule has 0 unspecified atom stereocenters. The first-order valence-corrected chi connectivity index (χ1v) is 13.9. The number of nitrogens with one attached hydrogen (secondary N) is 1. The standard InChI is InChI=1S/C31H30F3N5O/c32-31(33,34)24-6-4-5-20(12-24)17-38-18-25(16-35-38)36-29(40)27-19-39(26-7-2-1-3-8-26)37-28(27)30-13-21-9-22(14-30)11-23(10-21)15-30/h1-8,12,16,18-19,21-23H,9-11,13-15,17H2,(H,36,40). The zero-order chi connectivity index (χ0) is 27.5. The van der Waals surface area contributed by atoms with Gasteiger partial charge in [0.15, 0.2) is 0 Å². The van der Waals surface area contributed by atoms with Gasteiger partial charge in [-0.2, -0.15) is 23.4 Å². The summed E-state index contributed by atoms with van der Waals surface area (Å²) in [5.74, 6) is 1.88. The molecule has 4 bridgehead atoms. The van der Waals surface area contributed by atoms with Crippen LogP contribution < -0.4 is 5.32 Å². The van der Waals surface area contributed by atoms with Crippen molar-refractivity contribution in [2.45, 2.75) is 56.7 Å². The maximum absolute atomic E-state index is 13.8. The minimum atomic E-state index is -4.40. The number of carbonyl (C=O) groups excluding carboxylic acids is 1. The highest BCUT2D eigenvalue weighted by atomic mass is 19.4. The van der Waals surface area contributed by atoms with Crippen LogP contribution in [0.1, 0.15) is 65.7 Å². The number of halogens is 3. The highest BCUT2D eigenvalue weighted by molar-refractivity contribution is 6.05. The number of hydrogen-bond acceptors (Lipinski definition) is 3. The molecule has 206 valence electrons. The van der Waals surface area contributed by atoms with E-state index in [4.69, 9.17) is 5.10 Å². The van der Waals surface area contributed by atoms with Crippen LogP contribution >= 0.6 is 0 Å². The van der Waals surface area contributed by atoms with Gasteiger partial charge in [-0.15, -0.1) is 0 Å². The molecule has 0 atom stereocenters. The van der Waals surface area contributed by atoms with Crippen molar-refractivity contribution in [2.75, 3.05) is 5.32 Å². The van der Waals surface area contributed by atoms with Crippen molar-refractivity contribution in [2.24, 2.45) is 17.8 Å². The Hall–Kier alpha value is -3.88. The lowest BCUT2D eigenvalue weighted by Crippen LogP contribution is -2.49. The number of nitrogens with zero attached hydrogens (tertiary/aromatic N) is 4. The number of hydrogen-bond donors (Lipinski definition) is 1. The quantitative estimate of drug-likeness (QED) is 0.288. The van der Waals surface area contributed by atoms with Crippen LogP contribution in [0.4, 0.5) is 18.9 Å². The zero-order valence-electron chi connectivity index (χ0n) is 21.9. The maximum atomic E-state index is 13.8. The Bertz CT molecular complexity index is 1520. The van der Waals surface area contributed by atoms with E-state index in [1.165, 1.54) is 36.2 Å². The Balaban J connectivity index is 1.16. The van der Waals surface area contributed by atoms with Crippen LogP contribution in [-0.2, 0) is 18.1 Å². The minimum Gasteiger partial charge on any atom is -0.319 e. The number of benzene rings is 2. The number of amides is 1. The second kappa shape index (κ2) is 9.35. The maximum Gasteiger partial charge on any atom is 0.416 e. The van der Waals surface area contributed by atoms with Crippen molar-refractivity contribution in [1.82, 2.24) is 19.6 Å². The smallest absolute Gasteiger partial charge is 0.319 e. The van der Waals surface area contributed by atoms with Gasteiger partial charge in [0.1, 0.15) is 0 Å². The summed E-state index contributed by atoms with van der Waals surface area (Å²) in [5.41, 5.74) is 2.57. The SMILES string of the molecule is O=C(Nc1cnn(Cc2cccc(C(F)(F)F)c2)c1)c1cn(-c2ccccc2)nc1C12CC3CC(CC(C3)C1)C2. The van der Waals surface area contributed by atoms with Gasteiger partial charge >= 0.3 is 6.18 Å². The molecule has 1 amide bonds. The predicted molar refractivity (Wildman–Crippen MR) is 144 cm³/mol. The molecule has 4 aromatic rings. The van der Waals surface area contributed by atoms with Gasteiger partial charge in [-0.3, -0.25) is 9.48 Å². The molecule has 1 N–H and O–H groups in total. The first kappa shape index (κ1) is 25.1. The second-order valence-corrected chi connectivity index (χ2v) is 11.9. The predicted octanol–water partition coefficient (Wildman–Crippen LogP) is 6.86. The molecule has 0 saturated heterocycles. The first-order chi connectivity index (χ1) is 19.2. The zero-order valence-corrected chi connectivity index (χ0v) is 21.9. The molecule has 4 fully saturated rings. The molecule has 0 spiro atoms. The van der Waals surface area contributed by atoms with Crippen molar-refractivity contribution in [1.29, 1.82) is 0 Å². The van der Waals surface area contributed by atoms with Gasteiger partial charge in [-0.25, -0.2) is 4.68 Å². The van der Waals surface area contributed by atoms with Gasteiger partial charge < -0.3 is 5.32 Å². The van der Waals surface area contributed by atoms with Crippen LogP contribution in [0.15, 0.2) is 73.2 Å².